The van der Waals surface area contributed by atoms with E-state index in [1.54, 1.807) is 24.5 Å². The Morgan fingerprint density at radius 2 is 2.00 bits per heavy atom. The van der Waals surface area contributed by atoms with E-state index in [1.807, 2.05) is 25.1 Å². The second kappa shape index (κ2) is 9.28. The smallest absolute Gasteiger partial charge is 0.253 e. The molecule has 3 rings (SSSR count). The molecule has 1 aliphatic heterocycles. The van der Waals surface area contributed by atoms with Gasteiger partial charge in [-0.05, 0) is 37.5 Å². The van der Waals surface area contributed by atoms with Gasteiger partial charge in [0.1, 0.15) is 0 Å². The van der Waals surface area contributed by atoms with E-state index >= 15 is 0 Å². The van der Waals surface area contributed by atoms with Crippen LogP contribution in [0.25, 0.3) is 0 Å². The van der Waals surface area contributed by atoms with Gasteiger partial charge in [-0.25, -0.2) is 0 Å². The molecule has 2 N–H and O–H groups in total. The first-order valence-corrected chi connectivity index (χ1v) is 9.44. The number of aromatic nitrogens is 1. The Kier molecular flexibility index (Phi) is 6.54. The Hall–Kier alpha value is -2.73. The highest BCUT2D eigenvalue weighted by Gasteiger charge is 2.36. The third-order valence-electron chi connectivity index (χ3n) is 4.85. The van der Waals surface area contributed by atoms with Crippen LogP contribution in [0.2, 0.25) is 0 Å². The van der Waals surface area contributed by atoms with Crippen LogP contribution in [0, 0.1) is 0 Å². The van der Waals surface area contributed by atoms with Crippen molar-refractivity contribution in [2.45, 2.75) is 31.8 Å². The van der Waals surface area contributed by atoms with Crippen molar-refractivity contribution in [2.75, 3.05) is 19.6 Å². The molecule has 27 heavy (non-hydrogen) atoms. The molecule has 2 heterocycles. The van der Waals surface area contributed by atoms with E-state index in [4.69, 9.17) is 0 Å². The molecule has 6 heteroatoms. The summed E-state index contributed by atoms with van der Waals surface area (Å²) in [6.07, 6.45) is 4.69. The van der Waals surface area contributed by atoms with Gasteiger partial charge in [-0.15, -0.1) is 0 Å². The topological polar surface area (TPSA) is 74.3 Å². The first-order chi connectivity index (χ1) is 13.2. The average molecular weight is 366 g/mol. The van der Waals surface area contributed by atoms with Crippen molar-refractivity contribution < 1.29 is 9.59 Å². The number of rotatable bonds is 7. The second-order valence-corrected chi connectivity index (χ2v) is 6.79. The minimum Gasteiger partial charge on any atom is -0.355 e. The molecule has 0 bridgehead atoms. The molecular weight excluding hydrogens is 340 g/mol. The van der Waals surface area contributed by atoms with E-state index in [9.17, 15) is 9.59 Å². The summed E-state index contributed by atoms with van der Waals surface area (Å²) in [6.45, 7) is 3.98. The largest absolute Gasteiger partial charge is 0.355 e. The molecule has 2 amide bonds. The molecule has 0 unspecified atom stereocenters. The van der Waals surface area contributed by atoms with Gasteiger partial charge in [0, 0.05) is 38.1 Å². The summed E-state index contributed by atoms with van der Waals surface area (Å²) in [5.41, 5.74) is 1.78. The van der Waals surface area contributed by atoms with E-state index in [1.165, 1.54) is 5.56 Å². The first-order valence-electron chi connectivity index (χ1n) is 9.44. The number of nitrogens with zero attached hydrogens (tertiary/aromatic N) is 2. The minimum atomic E-state index is -0.215. The van der Waals surface area contributed by atoms with Gasteiger partial charge >= 0.3 is 0 Å². The fourth-order valence-corrected chi connectivity index (χ4v) is 3.50. The van der Waals surface area contributed by atoms with Crippen molar-refractivity contribution >= 4 is 11.8 Å². The van der Waals surface area contributed by atoms with Crippen molar-refractivity contribution in [3.63, 3.8) is 0 Å². The lowest BCUT2D eigenvalue weighted by Crippen LogP contribution is -2.43. The van der Waals surface area contributed by atoms with Crippen LogP contribution in [-0.4, -0.2) is 53.4 Å². The van der Waals surface area contributed by atoms with E-state index in [0.29, 0.717) is 25.1 Å². The number of carbonyl (C=O) groups excluding carboxylic acids is 2. The minimum absolute atomic E-state index is 0.0312. The molecule has 142 valence electrons. The van der Waals surface area contributed by atoms with E-state index in [0.717, 1.165) is 13.0 Å². The quantitative estimate of drug-likeness (QED) is 0.781. The van der Waals surface area contributed by atoms with Crippen molar-refractivity contribution in [1.82, 2.24) is 20.5 Å². The lowest BCUT2D eigenvalue weighted by Gasteiger charge is -2.23. The van der Waals surface area contributed by atoms with E-state index in [-0.39, 0.29) is 23.9 Å². The van der Waals surface area contributed by atoms with E-state index < -0.39 is 0 Å². The summed E-state index contributed by atoms with van der Waals surface area (Å²) < 4.78 is 0. The number of likely N-dealkylation sites (tertiary alicyclic amines) is 1. The van der Waals surface area contributed by atoms with Crippen LogP contribution in [-0.2, 0) is 11.2 Å². The van der Waals surface area contributed by atoms with Gasteiger partial charge in [0.2, 0.25) is 5.91 Å². The van der Waals surface area contributed by atoms with Gasteiger partial charge in [-0.1, -0.05) is 30.3 Å². The van der Waals surface area contributed by atoms with Gasteiger partial charge in [0.25, 0.3) is 5.91 Å². The summed E-state index contributed by atoms with van der Waals surface area (Å²) in [5, 5.41) is 5.97. The zero-order chi connectivity index (χ0) is 19.1. The van der Waals surface area contributed by atoms with Crippen LogP contribution in [0.4, 0.5) is 0 Å². The molecule has 1 aromatic carbocycles. The average Bonchev–Trinajstić information content (AvgIpc) is 3.11. The number of hydrogen-bond acceptors (Lipinski definition) is 4. The Bertz CT molecular complexity index is 751. The summed E-state index contributed by atoms with van der Waals surface area (Å²) in [5.74, 6) is -0.114. The number of benzene rings is 1. The third-order valence-corrected chi connectivity index (χ3v) is 4.85. The van der Waals surface area contributed by atoms with Crippen molar-refractivity contribution in [3.05, 3.63) is 66.0 Å². The maximum absolute atomic E-state index is 12.5. The Morgan fingerprint density at radius 1 is 1.19 bits per heavy atom. The summed E-state index contributed by atoms with van der Waals surface area (Å²) in [4.78, 5) is 31.1. The molecule has 2 aromatic rings. The predicted octanol–water partition coefficient (Wildman–Crippen LogP) is 1.63. The Labute approximate surface area is 160 Å². The fourth-order valence-electron chi connectivity index (χ4n) is 3.50. The Morgan fingerprint density at radius 3 is 2.70 bits per heavy atom. The first kappa shape index (κ1) is 19.0. The van der Waals surface area contributed by atoms with Gasteiger partial charge < -0.3 is 10.6 Å². The molecule has 1 aromatic heterocycles. The monoisotopic (exact) mass is 366 g/mol. The Balaban J connectivity index is 1.63. The van der Waals surface area contributed by atoms with Crippen molar-refractivity contribution in [1.29, 1.82) is 0 Å². The molecule has 0 radical (unpaired) electrons. The van der Waals surface area contributed by atoms with Crippen LogP contribution in [0.5, 0.6) is 0 Å². The number of pyridine rings is 1. The van der Waals surface area contributed by atoms with Gasteiger partial charge in [0.15, 0.2) is 0 Å². The standard InChI is InChI=1S/C21H26N4O2/c1-2-23-21(27)19-13-18(24-20(26)17-9-6-11-22-14-17)15-25(19)12-10-16-7-4-3-5-8-16/h3-9,11,14,18-19H,2,10,12-13,15H2,1H3,(H,23,27)(H,24,26)/t18-,19+/m1/s1. The number of hydrogen-bond donors (Lipinski definition) is 2. The zero-order valence-corrected chi connectivity index (χ0v) is 15.6. The molecular formula is C21H26N4O2. The number of likely N-dealkylation sites (N-methyl/N-ethyl adjacent to an activating group) is 1. The summed E-state index contributed by atoms with van der Waals surface area (Å²) >= 11 is 0. The van der Waals surface area contributed by atoms with Crippen molar-refractivity contribution in [2.24, 2.45) is 0 Å². The van der Waals surface area contributed by atoms with Crippen LogP contribution in [0.15, 0.2) is 54.9 Å². The summed E-state index contributed by atoms with van der Waals surface area (Å²) in [6, 6.07) is 13.5. The highest BCUT2D eigenvalue weighted by molar-refractivity contribution is 5.94. The third kappa shape index (κ3) is 5.14. The fraction of sp³-hybridized carbons (Fsp3) is 0.381. The van der Waals surface area contributed by atoms with Crippen molar-refractivity contribution in [3.8, 4) is 0 Å². The highest BCUT2D eigenvalue weighted by Crippen LogP contribution is 2.19. The number of nitrogens with one attached hydrogen (secondary N) is 2. The van der Waals surface area contributed by atoms with Crippen LogP contribution >= 0.6 is 0 Å². The SMILES string of the molecule is CCNC(=O)[C@@H]1C[C@@H](NC(=O)c2cccnc2)CN1CCc1ccccc1. The molecule has 2 atom stereocenters. The zero-order valence-electron chi connectivity index (χ0n) is 15.6. The van der Waals surface area contributed by atoms with Gasteiger partial charge in [0.05, 0.1) is 11.6 Å². The predicted molar refractivity (Wildman–Crippen MR) is 104 cm³/mol. The number of carbonyl (C=O) groups is 2. The molecule has 0 aliphatic carbocycles. The van der Waals surface area contributed by atoms with Crippen LogP contribution in [0.1, 0.15) is 29.3 Å². The van der Waals surface area contributed by atoms with Gasteiger partial charge in [-0.3, -0.25) is 19.5 Å². The molecule has 6 nitrogen and oxygen atoms in total. The van der Waals surface area contributed by atoms with Gasteiger partial charge in [-0.2, -0.15) is 0 Å². The molecule has 0 spiro atoms. The molecule has 0 saturated carbocycles. The number of amides is 2. The molecule has 1 saturated heterocycles. The normalized spacial score (nSPS) is 19.6. The molecule has 1 aliphatic rings. The highest BCUT2D eigenvalue weighted by atomic mass is 16.2. The van der Waals surface area contributed by atoms with Crippen LogP contribution in [0.3, 0.4) is 0 Å². The lowest BCUT2D eigenvalue weighted by molar-refractivity contribution is -0.125. The van der Waals surface area contributed by atoms with E-state index in [2.05, 4.69) is 32.7 Å². The maximum atomic E-state index is 12.5. The second-order valence-electron chi connectivity index (χ2n) is 6.79. The maximum Gasteiger partial charge on any atom is 0.253 e. The lowest BCUT2D eigenvalue weighted by atomic mass is 10.1. The molecule has 1 fully saturated rings. The van der Waals surface area contributed by atoms with Crippen LogP contribution < -0.4 is 10.6 Å². The summed E-state index contributed by atoms with van der Waals surface area (Å²) in [7, 11) is 0.